The summed E-state index contributed by atoms with van der Waals surface area (Å²) in [5, 5.41) is 20.8. The topological polar surface area (TPSA) is 79.7 Å². The number of aromatic nitrogens is 1. The van der Waals surface area contributed by atoms with Crippen LogP contribution in [-0.2, 0) is 9.53 Å². The van der Waals surface area contributed by atoms with Crippen molar-refractivity contribution in [2.24, 2.45) is 0 Å². The highest BCUT2D eigenvalue weighted by Gasteiger charge is 2.30. The Kier molecular flexibility index (Phi) is 4.94. The first-order valence-corrected chi connectivity index (χ1v) is 10.5. The molecular weight excluding hydrogens is 397 g/mol. The minimum atomic E-state index is -0.720. The Morgan fingerprint density at radius 1 is 1.13 bits per heavy atom. The summed E-state index contributed by atoms with van der Waals surface area (Å²) in [7, 11) is 0. The number of carbonyl (C=O) groups excluding carboxylic acids is 1. The summed E-state index contributed by atoms with van der Waals surface area (Å²) in [6, 6.07) is 11.3. The van der Waals surface area contributed by atoms with Gasteiger partial charge < -0.3 is 14.9 Å². The number of hydrogen-bond acceptors (Lipinski definition) is 5. The van der Waals surface area contributed by atoms with E-state index >= 15 is 0 Å². The van der Waals surface area contributed by atoms with Crippen molar-refractivity contribution < 1.29 is 24.1 Å². The number of benzene rings is 2. The second-order valence-corrected chi connectivity index (χ2v) is 8.25. The fourth-order valence-electron chi connectivity index (χ4n) is 4.18. The van der Waals surface area contributed by atoms with Crippen LogP contribution in [0.4, 0.5) is 4.39 Å². The van der Waals surface area contributed by atoms with Gasteiger partial charge in [0.15, 0.2) is 0 Å². The van der Waals surface area contributed by atoms with E-state index < -0.39 is 18.2 Å². The number of aliphatic hydroxyl groups excluding tert-OH is 1. The SMILES string of the molecule is O=C1C[C@H](O)C[C@@H](/C=C/c2c(C3CC3)nc3ccc(O)cc3c2-c2ccc(F)cc2)O1. The molecule has 1 aliphatic heterocycles. The van der Waals surface area contributed by atoms with Gasteiger partial charge in [-0.3, -0.25) is 9.78 Å². The number of nitrogens with zero attached hydrogens (tertiary/aromatic N) is 1. The molecule has 0 spiro atoms. The van der Waals surface area contributed by atoms with Crippen LogP contribution in [0.1, 0.15) is 42.9 Å². The Hall–Kier alpha value is -3.25. The van der Waals surface area contributed by atoms with Gasteiger partial charge in [0.05, 0.1) is 23.7 Å². The van der Waals surface area contributed by atoms with Gasteiger partial charge in [0, 0.05) is 28.9 Å². The number of hydrogen-bond donors (Lipinski definition) is 2. The Morgan fingerprint density at radius 3 is 2.61 bits per heavy atom. The lowest BCUT2D eigenvalue weighted by Gasteiger charge is -2.23. The molecule has 5 rings (SSSR count). The third kappa shape index (κ3) is 4.03. The number of fused-ring (bicyclic) bond motifs is 1. The van der Waals surface area contributed by atoms with E-state index in [1.165, 1.54) is 12.1 Å². The third-order valence-electron chi connectivity index (χ3n) is 5.80. The molecule has 1 aromatic heterocycles. The molecule has 2 aliphatic rings. The van der Waals surface area contributed by atoms with Gasteiger partial charge in [-0.15, -0.1) is 0 Å². The van der Waals surface area contributed by atoms with Crippen molar-refractivity contribution in [3.8, 4) is 16.9 Å². The number of esters is 1. The van der Waals surface area contributed by atoms with Gasteiger partial charge in [-0.1, -0.05) is 18.2 Å². The Labute approximate surface area is 178 Å². The van der Waals surface area contributed by atoms with Crippen molar-refractivity contribution in [3.05, 3.63) is 65.6 Å². The zero-order valence-electron chi connectivity index (χ0n) is 16.8. The first kappa shape index (κ1) is 19.7. The van der Waals surface area contributed by atoms with Crippen molar-refractivity contribution >= 4 is 22.9 Å². The van der Waals surface area contributed by atoms with Crippen molar-refractivity contribution in [2.45, 2.75) is 43.8 Å². The molecule has 3 aromatic rings. The molecule has 1 aliphatic carbocycles. The summed E-state index contributed by atoms with van der Waals surface area (Å²) in [5.74, 6) is -0.295. The summed E-state index contributed by atoms with van der Waals surface area (Å²) in [4.78, 5) is 16.6. The van der Waals surface area contributed by atoms with E-state index in [1.54, 1.807) is 36.4 Å². The highest BCUT2D eigenvalue weighted by atomic mass is 19.1. The predicted octanol–water partition coefficient (Wildman–Crippen LogP) is 4.70. The molecule has 0 amide bonds. The van der Waals surface area contributed by atoms with Crippen LogP contribution >= 0.6 is 0 Å². The Balaban J connectivity index is 1.70. The minimum absolute atomic E-state index is 0.00923. The number of rotatable bonds is 4. The van der Waals surface area contributed by atoms with Crippen molar-refractivity contribution in [3.63, 3.8) is 0 Å². The Morgan fingerprint density at radius 2 is 1.90 bits per heavy atom. The van der Waals surface area contributed by atoms with Crippen LogP contribution in [0.2, 0.25) is 0 Å². The van der Waals surface area contributed by atoms with E-state index in [9.17, 15) is 19.4 Å². The molecule has 2 N–H and O–H groups in total. The zero-order valence-corrected chi connectivity index (χ0v) is 16.8. The summed E-state index contributed by atoms with van der Waals surface area (Å²) < 4.78 is 19.0. The van der Waals surface area contributed by atoms with Crippen LogP contribution in [0, 0.1) is 5.82 Å². The van der Waals surface area contributed by atoms with E-state index in [4.69, 9.17) is 9.72 Å². The minimum Gasteiger partial charge on any atom is -0.508 e. The van der Waals surface area contributed by atoms with E-state index in [0.29, 0.717) is 12.3 Å². The molecule has 2 atom stereocenters. The molecule has 2 heterocycles. The molecule has 6 heteroatoms. The number of aromatic hydroxyl groups is 1. The van der Waals surface area contributed by atoms with E-state index in [-0.39, 0.29) is 18.0 Å². The number of cyclic esters (lactones) is 1. The standard InChI is InChI=1S/C25H22FNO4/c26-16-5-3-14(4-6-16)24-20(9-8-19-11-18(29)13-23(30)31-19)25(15-1-2-15)27-22-10-7-17(28)12-21(22)24/h3-10,12,15,18-19,28-29H,1-2,11,13H2/b9-8+/t18-,19-/m1/s1. The number of aliphatic hydroxyl groups is 1. The number of phenolic OH excluding ortho intramolecular Hbond substituents is 1. The van der Waals surface area contributed by atoms with Gasteiger partial charge in [-0.25, -0.2) is 4.39 Å². The van der Waals surface area contributed by atoms with Crippen LogP contribution in [0.3, 0.4) is 0 Å². The zero-order chi connectivity index (χ0) is 21.5. The van der Waals surface area contributed by atoms with Gasteiger partial charge in [0.1, 0.15) is 17.7 Å². The summed E-state index contributed by atoms with van der Waals surface area (Å²) >= 11 is 0. The molecule has 1 saturated heterocycles. The lowest BCUT2D eigenvalue weighted by molar-refractivity contribution is -0.156. The quantitative estimate of drug-likeness (QED) is 0.599. The molecule has 31 heavy (non-hydrogen) atoms. The van der Waals surface area contributed by atoms with E-state index in [2.05, 4.69) is 0 Å². The second kappa shape index (κ2) is 7.78. The molecule has 1 saturated carbocycles. The average Bonchev–Trinajstić information content (AvgIpc) is 3.57. The lowest BCUT2D eigenvalue weighted by Crippen LogP contribution is -2.31. The normalized spacial score (nSPS) is 21.5. The second-order valence-electron chi connectivity index (χ2n) is 8.25. The van der Waals surface area contributed by atoms with Crippen LogP contribution in [0.25, 0.3) is 28.1 Å². The van der Waals surface area contributed by atoms with Gasteiger partial charge in [0.25, 0.3) is 0 Å². The lowest BCUT2D eigenvalue weighted by atomic mass is 9.91. The van der Waals surface area contributed by atoms with Crippen LogP contribution in [0.5, 0.6) is 5.75 Å². The first-order chi connectivity index (χ1) is 15.0. The molecule has 0 radical (unpaired) electrons. The van der Waals surface area contributed by atoms with E-state index in [1.807, 2.05) is 6.08 Å². The molecule has 0 unspecified atom stereocenters. The number of pyridine rings is 1. The molecular formula is C25H22FNO4. The molecule has 2 fully saturated rings. The van der Waals surface area contributed by atoms with Gasteiger partial charge in [-0.05, 0) is 54.8 Å². The Bertz CT molecular complexity index is 1180. The number of halogens is 1. The summed E-state index contributed by atoms with van der Waals surface area (Å²) in [6.07, 6.45) is 4.86. The number of phenols is 1. The largest absolute Gasteiger partial charge is 0.508 e. The van der Waals surface area contributed by atoms with Crippen LogP contribution in [-0.4, -0.2) is 33.4 Å². The first-order valence-electron chi connectivity index (χ1n) is 10.5. The number of carbonyl (C=O) groups is 1. The fraction of sp³-hybridized carbons (Fsp3) is 0.280. The van der Waals surface area contributed by atoms with Crippen LogP contribution in [0.15, 0.2) is 48.5 Å². The maximum absolute atomic E-state index is 13.6. The molecule has 158 valence electrons. The maximum atomic E-state index is 13.6. The maximum Gasteiger partial charge on any atom is 0.309 e. The van der Waals surface area contributed by atoms with Gasteiger partial charge >= 0.3 is 5.97 Å². The van der Waals surface area contributed by atoms with Crippen LogP contribution < -0.4 is 0 Å². The fourth-order valence-corrected chi connectivity index (χ4v) is 4.18. The summed E-state index contributed by atoms with van der Waals surface area (Å²) in [6.45, 7) is 0. The molecule has 2 aromatic carbocycles. The average molecular weight is 419 g/mol. The van der Waals surface area contributed by atoms with Crippen molar-refractivity contribution in [1.29, 1.82) is 0 Å². The van der Waals surface area contributed by atoms with Crippen molar-refractivity contribution in [1.82, 2.24) is 4.98 Å². The molecule has 5 nitrogen and oxygen atoms in total. The van der Waals surface area contributed by atoms with Gasteiger partial charge in [-0.2, -0.15) is 0 Å². The highest BCUT2D eigenvalue weighted by Crippen LogP contribution is 2.45. The third-order valence-corrected chi connectivity index (χ3v) is 5.80. The van der Waals surface area contributed by atoms with Gasteiger partial charge in [0.2, 0.25) is 0 Å². The van der Waals surface area contributed by atoms with Crippen molar-refractivity contribution in [2.75, 3.05) is 0 Å². The van der Waals surface area contributed by atoms with E-state index in [0.717, 1.165) is 46.1 Å². The number of ether oxygens (including phenoxy) is 1. The predicted molar refractivity (Wildman–Crippen MR) is 115 cm³/mol. The highest BCUT2D eigenvalue weighted by molar-refractivity contribution is 6.00. The summed E-state index contributed by atoms with van der Waals surface area (Å²) in [5.41, 5.74) is 4.22. The molecule has 0 bridgehead atoms. The monoisotopic (exact) mass is 419 g/mol. The smallest absolute Gasteiger partial charge is 0.309 e.